The van der Waals surface area contributed by atoms with Crippen LogP contribution in [0.1, 0.15) is 0 Å². The summed E-state index contributed by atoms with van der Waals surface area (Å²) in [7, 11) is 0. The molecular weight excluding hydrogens is 218 g/mol. The molecule has 8 heteroatoms. The van der Waals surface area contributed by atoms with Gasteiger partial charge in [-0.15, -0.1) is 4.73 Å². The lowest BCUT2D eigenvalue weighted by Gasteiger charge is -2.01. The number of rotatable bonds is 1. The number of nitrogens with zero attached hydrogens (tertiary/aromatic N) is 2. The predicted octanol–water partition coefficient (Wildman–Crippen LogP) is -0.165. The van der Waals surface area contributed by atoms with Crippen molar-refractivity contribution in [2.75, 3.05) is 0 Å². The van der Waals surface area contributed by atoms with Gasteiger partial charge in [-0.1, -0.05) is 6.07 Å². The fourth-order valence-electron chi connectivity index (χ4n) is 1.36. The highest BCUT2D eigenvalue weighted by atomic mass is 16.6. The molecule has 0 saturated heterocycles. The number of H-pyrrole nitrogens is 1. The molecule has 0 unspecified atom stereocenters. The zero-order chi connectivity index (χ0) is 11.9. The van der Waals surface area contributed by atoms with E-state index in [1.165, 1.54) is 12.1 Å². The molecule has 0 spiro atoms. The van der Waals surface area contributed by atoms with Crippen LogP contribution in [-0.2, 0) is 0 Å². The monoisotopic (exact) mass is 223 g/mol. The number of para-hydroxylation sites is 1. The van der Waals surface area contributed by atoms with Crippen LogP contribution in [0.3, 0.4) is 0 Å². The van der Waals surface area contributed by atoms with Gasteiger partial charge < -0.3 is 10.2 Å². The van der Waals surface area contributed by atoms with Gasteiger partial charge in [0, 0.05) is 6.07 Å². The van der Waals surface area contributed by atoms with Crippen LogP contribution in [0.15, 0.2) is 27.8 Å². The Morgan fingerprint density at radius 1 is 1.38 bits per heavy atom. The first-order valence-corrected chi connectivity index (χ1v) is 4.14. The molecule has 0 aliphatic rings. The predicted molar refractivity (Wildman–Crippen MR) is 52.7 cm³/mol. The third kappa shape index (κ3) is 1.24. The van der Waals surface area contributed by atoms with Crippen molar-refractivity contribution in [2.24, 2.45) is 0 Å². The van der Waals surface area contributed by atoms with Crippen molar-refractivity contribution in [3.05, 3.63) is 49.0 Å². The zero-order valence-corrected chi connectivity index (χ0v) is 7.71. The highest BCUT2D eigenvalue weighted by molar-refractivity contribution is 5.83. The summed E-state index contributed by atoms with van der Waals surface area (Å²) in [5.74, 6) is 0. The summed E-state index contributed by atoms with van der Waals surface area (Å²) in [4.78, 5) is 34.1. The van der Waals surface area contributed by atoms with Crippen LogP contribution in [-0.4, -0.2) is 19.8 Å². The fourth-order valence-corrected chi connectivity index (χ4v) is 1.36. The van der Waals surface area contributed by atoms with Gasteiger partial charge in [-0.25, -0.2) is 0 Å². The van der Waals surface area contributed by atoms with Crippen LogP contribution >= 0.6 is 0 Å². The summed E-state index contributed by atoms with van der Waals surface area (Å²) >= 11 is 0. The first-order valence-electron chi connectivity index (χ1n) is 4.14. The van der Waals surface area contributed by atoms with Gasteiger partial charge in [-0.2, -0.15) is 0 Å². The number of non-ortho nitro benzene ring substituents is 1. The minimum Gasteiger partial charge on any atom is -0.425 e. The molecule has 2 aromatic rings. The van der Waals surface area contributed by atoms with Crippen molar-refractivity contribution < 1.29 is 10.1 Å². The molecule has 0 bridgehead atoms. The number of hydrogen-bond acceptors (Lipinski definition) is 5. The standard InChI is InChI=1S/C8H5N3O5/c12-7-8(13)10(14)4-2-1-3-5(11(15)16)6(4)9-7/h1-3,14H,(H,9,12). The Morgan fingerprint density at radius 3 is 2.69 bits per heavy atom. The van der Waals surface area contributed by atoms with E-state index in [1.54, 1.807) is 0 Å². The van der Waals surface area contributed by atoms with Gasteiger partial charge >= 0.3 is 11.1 Å². The van der Waals surface area contributed by atoms with E-state index in [0.717, 1.165) is 6.07 Å². The second-order valence-corrected chi connectivity index (χ2v) is 3.00. The van der Waals surface area contributed by atoms with E-state index in [9.17, 15) is 24.9 Å². The highest BCUT2D eigenvalue weighted by Crippen LogP contribution is 2.20. The Morgan fingerprint density at radius 2 is 2.06 bits per heavy atom. The summed E-state index contributed by atoms with van der Waals surface area (Å²) in [6, 6.07) is 3.73. The van der Waals surface area contributed by atoms with Crippen LogP contribution < -0.4 is 11.1 Å². The summed E-state index contributed by atoms with van der Waals surface area (Å²) in [6.45, 7) is 0. The normalized spacial score (nSPS) is 10.5. The maximum Gasteiger partial charge on any atom is 0.349 e. The molecule has 1 aromatic heterocycles. The lowest BCUT2D eigenvalue weighted by molar-refractivity contribution is -0.383. The van der Waals surface area contributed by atoms with E-state index in [2.05, 4.69) is 4.98 Å². The van der Waals surface area contributed by atoms with Gasteiger partial charge in [0.2, 0.25) is 0 Å². The fraction of sp³-hybridized carbons (Fsp3) is 0. The SMILES string of the molecule is O=c1[nH]c2c([N+](=O)[O-])cccc2n(O)c1=O. The van der Waals surface area contributed by atoms with E-state index >= 15 is 0 Å². The van der Waals surface area contributed by atoms with Gasteiger partial charge in [0.05, 0.1) is 4.92 Å². The average molecular weight is 223 g/mol. The van der Waals surface area contributed by atoms with Gasteiger partial charge in [-0.05, 0) is 6.07 Å². The van der Waals surface area contributed by atoms with Crippen molar-refractivity contribution in [3.63, 3.8) is 0 Å². The lowest BCUT2D eigenvalue weighted by atomic mass is 10.2. The maximum atomic E-state index is 11.1. The highest BCUT2D eigenvalue weighted by Gasteiger charge is 2.16. The molecule has 2 N–H and O–H groups in total. The summed E-state index contributed by atoms with van der Waals surface area (Å²) in [5.41, 5.74) is -3.02. The molecule has 0 saturated carbocycles. The van der Waals surface area contributed by atoms with Gasteiger partial charge in [0.15, 0.2) is 0 Å². The second-order valence-electron chi connectivity index (χ2n) is 3.00. The number of nitrogens with one attached hydrogen (secondary N) is 1. The molecule has 0 aliphatic carbocycles. The molecule has 0 atom stereocenters. The molecule has 1 aromatic carbocycles. The van der Waals surface area contributed by atoms with E-state index in [4.69, 9.17) is 0 Å². The van der Waals surface area contributed by atoms with E-state index in [-0.39, 0.29) is 15.8 Å². The Balaban J connectivity index is 3.07. The molecule has 0 fully saturated rings. The molecule has 16 heavy (non-hydrogen) atoms. The Hall–Kier alpha value is -2.64. The second kappa shape index (κ2) is 3.19. The quantitative estimate of drug-likeness (QED) is 0.301. The largest absolute Gasteiger partial charge is 0.425 e. The number of nitro benzene ring substituents is 1. The summed E-state index contributed by atoms with van der Waals surface area (Å²) < 4.78 is 0.0845. The first-order chi connectivity index (χ1) is 7.52. The molecule has 0 amide bonds. The Labute approximate surface area is 86.5 Å². The smallest absolute Gasteiger partial charge is 0.349 e. The first kappa shape index (κ1) is 9.90. The van der Waals surface area contributed by atoms with Crippen molar-refractivity contribution in [2.45, 2.75) is 0 Å². The van der Waals surface area contributed by atoms with Gasteiger partial charge in [-0.3, -0.25) is 19.7 Å². The summed E-state index contributed by atoms with van der Waals surface area (Å²) in [5, 5.41) is 19.9. The lowest BCUT2D eigenvalue weighted by Crippen LogP contribution is -2.35. The topological polar surface area (TPSA) is 118 Å². The minimum absolute atomic E-state index is 0.0845. The molecule has 0 radical (unpaired) electrons. The molecule has 2 rings (SSSR count). The molecule has 1 heterocycles. The average Bonchev–Trinajstić information content (AvgIpc) is 2.25. The number of aromatic nitrogens is 2. The number of nitro groups is 1. The number of benzene rings is 1. The third-order valence-electron chi connectivity index (χ3n) is 2.07. The van der Waals surface area contributed by atoms with Crippen molar-refractivity contribution >= 4 is 16.7 Å². The minimum atomic E-state index is -1.19. The van der Waals surface area contributed by atoms with Crippen LogP contribution in [0.4, 0.5) is 5.69 Å². The van der Waals surface area contributed by atoms with Crippen molar-refractivity contribution in [3.8, 4) is 0 Å². The molecular formula is C8H5N3O5. The van der Waals surface area contributed by atoms with Crippen LogP contribution in [0.5, 0.6) is 0 Å². The Kier molecular flexibility index (Phi) is 1.97. The number of aromatic amines is 1. The van der Waals surface area contributed by atoms with Gasteiger partial charge in [0.25, 0.3) is 5.69 Å². The van der Waals surface area contributed by atoms with Crippen molar-refractivity contribution in [1.29, 1.82) is 0 Å². The van der Waals surface area contributed by atoms with E-state index in [1.807, 2.05) is 0 Å². The van der Waals surface area contributed by atoms with E-state index < -0.39 is 21.7 Å². The summed E-state index contributed by atoms with van der Waals surface area (Å²) in [6.07, 6.45) is 0. The third-order valence-corrected chi connectivity index (χ3v) is 2.07. The van der Waals surface area contributed by atoms with Gasteiger partial charge in [0.1, 0.15) is 11.0 Å². The van der Waals surface area contributed by atoms with Crippen LogP contribution in [0, 0.1) is 10.1 Å². The maximum absolute atomic E-state index is 11.1. The number of hydrogen-bond donors (Lipinski definition) is 2. The molecule has 8 nitrogen and oxygen atoms in total. The van der Waals surface area contributed by atoms with E-state index in [0.29, 0.717) is 0 Å². The molecule has 82 valence electrons. The van der Waals surface area contributed by atoms with Crippen LogP contribution in [0.2, 0.25) is 0 Å². The Bertz CT molecular complexity index is 699. The van der Waals surface area contributed by atoms with Crippen LogP contribution in [0.25, 0.3) is 11.0 Å². The zero-order valence-electron chi connectivity index (χ0n) is 7.71. The number of fused-ring (bicyclic) bond motifs is 1. The molecule has 0 aliphatic heterocycles. The van der Waals surface area contributed by atoms with Crippen molar-refractivity contribution in [1.82, 2.24) is 9.71 Å².